The number of hydrogen-bond donors (Lipinski definition) is 2. The summed E-state index contributed by atoms with van der Waals surface area (Å²) in [7, 11) is 3.26. The molecule has 0 saturated carbocycles. The van der Waals surface area contributed by atoms with E-state index >= 15 is 0 Å². The van der Waals surface area contributed by atoms with Crippen molar-refractivity contribution in [2.24, 2.45) is 11.8 Å². The molecule has 21 heavy (non-hydrogen) atoms. The van der Waals surface area contributed by atoms with E-state index in [9.17, 15) is 14.4 Å². The fourth-order valence-corrected chi connectivity index (χ4v) is 2.63. The van der Waals surface area contributed by atoms with Crippen LogP contribution in [0.4, 0.5) is 4.79 Å². The van der Waals surface area contributed by atoms with Crippen LogP contribution in [0.2, 0.25) is 0 Å². The Kier molecular flexibility index (Phi) is 6.45. The monoisotopic (exact) mass is 299 g/mol. The third kappa shape index (κ3) is 5.24. The van der Waals surface area contributed by atoms with Crippen molar-refractivity contribution in [3.05, 3.63) is 0 Å². The van der Waals surface area contributed by atoms with Gasteiger partial charge in [0.15, 0.2) is 0 Å². The van der Waals surface area contributed by atoms with Crippen molar-refractivity contribution in [1.82, 2.24) is 15.1 Å². The number of carboxylic acid groups (broad SMARTS) is 1. The normalized spacial score (nSPS) is 19.2. The summed E-state index contributed by atoms with van der Waals surface area (Å²) in [5, 5.41) is 11.3. The first-order valence-electron chi connectivity index (χ1n) is 7.28. The molecule has 2 N–H and O–H groups in total. The van der Waals surface area contributed by atoms with Gasteiger partial charge in [0.25, 0.3) is 0 Å². The molecule has 1 aliphatic heterocycles. The SMILES string of the molecule is CNC(=O)C(C)CN(C)C(=O)N1CCC(CCC(=O)O)C1. The van der Waals surface area contributed by atoms with Gasteiger partial charge in [0.05, 0.1) is 5.92 Å². The van der Waals surface area contributed by atoms with Gasteiger partial charge in [-0.1, -0.05) is 6.92 Å². The van der Waals surface area contributed by atoms with Gasteiger partial charge in [-0.3, -0.25) is 9.59 Å². The van der Waals surface area contributed by atoms with Crippen LogP contribution in [0.1, 0.15) is 26.2 Å². The standard InChI is InChI=1S/C14H25N3O4/c1-10(13(20)15-2)8-16(3)14(21)17-7-6-11(9-17)4-5-12(18)19/h10-11H,4-9H2,1-3H3,(H,15,20)(H,18,19). The maximum absolute atomic E-state index is 12.3. The minimum Gasteiger partial charge on any atom is -0.481 e. The van der Waals surface area contributed by atoms with Crippen LogP contribution in [0.25, 0.3) is 0 Å². The highest BCUT2D eigenvalue weighted by atomic mass is 16.4. The number of carboxylic acids is 1. The molecule has 0 aromatic carbocycles. The Bertz CT molecular complexity index is 400. The molecular formula is C14H25N3O4. The minimum atomic E-state index is -0.795. The van der Waals surface area contributed by atoms with E-state index in [1.54, 1.807) is 30.8 Å². The summed E-state index contributed by atoms with van der Waals surface area (Å²) < 4.78 is 0. The molecule has 0 radical (unpaired) electrons. The molecule has 3 amide bonds. The molecule has 1 rings (SSSR count). The molecule has 120 valence electrons. The summed E-state index contributed by atoms with van der Waals surface area (Å²) in [6.45, 7) is 3.41. The summed E-state index contributed by atoms with van der Waals surface area (Å²) in [5.74, 6) is -0.879. The Morgan fingerprint density at radius 1 is 1.43 bits per heavy atom. The molecule has 1 aliphatic rings. The molecule has 0 aliphatic carbocycles. The molecule has 0 spiro atoms. The average molecular weight is 299 g/mol. The number of urea groups is 1. The van der Waals surface area contributed by atoms with Gasteiger partial charge < -0.3 is 20.2 Å². The lowest BCUT2D eigenvalue weighted by Gasteiger charge is -2.26. The van der Waals surface area contributed by atoms with Gasteiger partial charge in [-0.05, 0) is 18.8 Å². The minimum absolute atomic E-state index is 0.0876. The molecule has 7 nitrogen and oxygen atoms in total. The quantitative estimate of drug-likeness (QED) is 0.752. The zero-order valence-electron chi connectivity index (χ0n) is 13.0. The van der Waals surface area contributed by atoms with Crippen LogP contribution < -0.4 is 5.32 Å². The van der Waals surface area contributed by atoms with E-state index in [4.69, 9.17) is 5.11 Å². The van der Waals surface area contributed by atoms with Crippen LogP contribution in [-0.2, 0) is 9.59 Å². The summed E-state index contributed by atoms with van der Waals surface area (Å²) in [5.41, 5.74) is 0. The topological polar surface area (TPSA) is 90.0 Å². The first-order chi connectivity index (χ1) is 9.85. The third-order valence-corrected chi connectivity index (χ3v) is 3.89. The van der Waals surface area contributed by atoms with Crippen LogP contribution in [0, 0.1) is 11.8 Å². The van der Waals surface area contributed by atoms with Gasteiger partial charge >= 0.3 is 12.0 Å². The number of carbonyl (C=O) groups is 3. The largest absolute Gasteiger partial charge is 0.481 e. The molecule has 1 saturated heterocycles. The molecule has 1 fully saturated rings. The Hall–Kier alpha value is -1.79. The highest BCUT2D eigenvalue weighted by Gasteiger charge is 2.29. The molecule has 2 unspecified atom stereocenters. The lowest BCUT2D eigenvalue weighted by Crippen LogP contribution is -2.43. The van der Waals surface area contributed by atoms with Gasteiger partial charge in [0.1, 0.15) is 0 Å². The highest BCUT2D eigenvalue weighted by Crippen LogP contribution is 2.22. The van der Waals surface area contributed by atoms with Crippen LogP contribution in [0.15, 0.2) is 0 Å². The molecule has 0 aromatic heterocycles. The second-order valence-corrected chi connectivity index (χ2v) is 5.71. The summed E-state index contributed by atoms with van der Waals surface area (Å²) in [6.07, 6.45) is 1.60. The fourth-order valence-electron chi connectivity index (χ4n) is 2.63. The zero-order chi connectivity index (χ0) is 16.0. The molecule has 0 bridgehead atoms. The number of carbonyl (C=O) groups excluding carboxylic acids is 2. The molecule has 7 heteroatoms. The lowest BCUT2D eigenvalue weighted by atomic mass is 10.0. The molecule has 2 atom stereocenters. The van der Waals surface area contributed by atoms with Crippen molar-refractivity contribution in [3.63, 3.8) is 0 Å². The van der Waals surface area contributed by atoms with Crippen LogP contribution >= 0.6 is 0 Å². The average Bonchev–Trinajstić information content (AvgIpc) is 2.91. The zero-order valence-corrected chi connectivity index (χ0v) is 13.0. The number of rotatable bonds is 6. The highest BCUT2D eigenvalue weighted by molar-refractivity contribution is 5.79. The number of aliphatic carboxylic acids is 1. The third-order valence-electron chi connectivity index (χ3n) is 3.89. The number of nitrogens with zero attached hydrogens (tertiary/aromatic N) is 2. The number of likely N-dealkylation sites (tertiary alicyclic amines) is 1. The van der Waals surface area contributed by atoms with Crippen molar-refractivity contribution >= 4 is 17.9 Å². The maximum atomic E-state index is 12.3. The number of hydrogen-bond acceptors (Lipinski definition) is 3. The molecule has 1 heterocycles. The Morgan fingerprint density at radius 3 is 2.67 bits per heavy atom. The number of nitrogens with one attached hydrogen (secondary N) is 1. The molecular weight excluding hydrogens is 274 g/mol. The van der Waals surface area contributed by atoms with E-state index in [0.29, 0.717) is 26.1 Å². The van der Waals surface area contributed by atoms with Crippen molar-refractivity contribution < 1.29 is 19.5 Å². The summed E-state index contributed by atoms with van der Waals surface area (Å²) in [6, 6.07) is -0.0939. The second kappa shape index (κ2) is 7.85. The van der Waals surface area contributed by atoms with E-state index < -0.39 is 5.97 Å². The first kappa shape index (κ1) is 17.3. The van der Waals surface area contributed by atoms with Gasteiger partial charge in [-0.15, -0.1) is 0 Å². The second-order valence-electron chi connectivity index (χ2n) is 5.71. The van der Waals surface area contributed by atoms with E-state index in [0.717, 1.165) is 6.42 Å². The van der Waals surface area contributed by atoms with Crippen LogP contribution in [0.3, 0.4) is 0 Å². The lowest BCUT2D eigenvalue weighted by molar-refractivity contribution is -0.137. The van der Waals surface area contributed by atoms with Crippen LogP contribution in [-0.4, -0.2) is 66.5 Å². The Labute approximate surface area is 125 Å². The predicted octanol–water partition coefficient (Wildman–Crippen LogP) is 0.607. The predicted molar refractivity (Wildman–Crippen MR) is 77.8 cm³/mol. The van der Waals surface area contributed by atoms with Crippen molar-refractivity contribution in [3.8, 4) is 0 Å². The fraction of sp³-hybridized carbons (Fsp3) is 0.786. The van der Waals surface area contributed by atoms with Crippen molar-refractivity contribution in [1.29, 1.82) is 0 Å². The van der Waals surface area contributed by atoms with E-state index in [2.05, 4.69) is 5.32 Å². The smallest absolute Gasteiger partial charge is 0.319 e. The first-order valence-corrected chi connectivity index (χ1v) is 7.28. The van der Waals surface area contributed by atoms with Gasteiger partial charge in [-0.25, -0.2) is 4.79 Å². The van der Waals surface area contributed by atoms with Gasteiger partial charge in [0.2, 0.25) is 5.91 Å². The summed E-state index contributed by atoms with van der Waals surface area (Å²) in [4.78, 5) is 37.6. The van der Waals surface area contributed by atoms with Crippen LogP contribution in [0.5, 0.6) is 0 Å². The van der Waals surface area contributed by atoms with E-state index in [1.165, 1.54) is 0 Å². The Morgan fingerprint density at radius 2 is 2.10 bits per heavy atom. The van der Waals surface area contributed by atoms with E-state index in [1.807, 2.05) is 0 Å². The van der Waals surface area contributed by atoms with Crippen molar-refractivity contribution in [2.75, 3.05) is 33.7 Å². The maximum Gasteiger partial charge on any atom is 0.319 e. The molecule has 0 aromatic rings. The Balaban J connectivity index is 2.41. The van der Waals surface area contributed by atoms with Crippen molar-refractivity contribution in [2.45, 2.75) is 26.2 Å². The van der Waals surface area contributed by atoms with Gasteiger partial charge in [-0.2, -0.15) is 0 Å². The van der Waals surface area contributed by atoms with E-state index in [-0.39, 0.29) is 30.2 Å². The van der Waals surface area contributed by atoms with Gasteiger partial charge in [0, 0.05) is 40.2 Å². The summed E-state index contributed by atoms with van der Waals surface area (Å²) >= 11 is 0. The number of amides is 3.